The van der Waals surface area contributed by atoms with Crippen LogP contribution in [0.4, 0.5) is 24.5 Å². The van der Waals surface area contributed by atoms with Crippen LogP contribution < -0.4 is 10.6 Å². The first-order chi connectivity index (χ1) is 14.8. The van der Waals surface area contributed by atoms with Crippen LogP contribution in [0.3, 0.4) is 0 Å². The summed E-state index contributed by atoms with van der Waals surface area (Å²) in [7, 11) is 0. The predicted octanol–water partition coefficient (Wildman–Crippen LogP) is 5.09. The number of nitrogens with one attached hydrogen (secondary N) is 2. The summed E-state index contributed by atoms with van der Waals surface area (Å²) >= 11 is 0. The van der Waals surface area contributed by atoms with E-state index in [2.05, 4.69) is 15.6 Å². The van der Waals surface area contributed by atoms with Gasteiger partial charge in [-0.05, 0) is 60.4 Å². The molecule has 158 valence electrons. The molecule has 8 heteroatoms. The quantitative estimate of drug-likeness (QED) is 0.598. The van der Waals surface area contributed by atoms with Crippen molar-refractivity contribution in [2.75, 3.05) is 10.6 Å². The van der Waals surface area contributed by atoms with Crippen molar-refractivity contribution in [3.63, 3.8) is 0 Å². The monoisotopic (exact) mass is 425 g/mol. The number of alkyl halides is 3. The molecule has 1 aliphatic rings. The van der Waals surface area contributed by atoms with Gasteiger partial charge in [0.05, 0.1) is 5.56 Å². The molecule has 0 unspecified atom stereocenters. The Morgan fingerprint density at radius 2 is 1.68 bits per heavy atom. The van der Waals surface area contributed by atoms with Gasteiger partial charge in [0.1, 0.15) is 0 Å². The molecular formula is C23H18F3N3O2. The molecule has 1 aromatic heterocycles. The van der Waals surface area contributed by atoms with Gasteiger partial charge in [0, 0.05) is 35.2 Å². The van der Waals surface area contributed by atoms with Crippen molar-refractivity contribution in [2.24, 2.45) is 5.92 Å². The van der Waals surface area contributed by atoms with Gasteiger partial charge in [0.25, 0.3) is 5.91 Å². The zero-order valence-corrected chi connectivity index (χ0v) is 16.2. The molecule has 0 aliphatic heterocycles. The smallest absolute Gasteiger partial charge is 0.326 e. The number of anilines is 2. The van der Waals surface area contributed by atoms with Gasteiger partial charge < -0.3 is 10.6 Å². The summed E-state index contributed by atoms with van der Waals surface area (Å²) in [5, 5.41) is 5.26. The highest BCUT2D eigenvalue weighted by molar-refractivity contribution is 6.05. The Morgan fingerprint density at radius 3 is 2.39 bits per heavy atom. The van der Waals surface area contributed by atoms with Gasteiger partial charge in [0.2, 0.25) is 5.91 Å². The van der Waals surface area contributed by atoms with Gasteiger partial charge in [-0.25, -0.2) is 0 Å². The van der Waals surface area contributed by atoms with Gasteiger partial charge in [-0.3, -0.25) is 14.6 Å². The standard InChI is InChI=1S/C23H18F3N3O2/c24-23(25,26)16-6-2-8-18(11-16)28-21(30)14-4-1-7-17(10-14)29-22(31)20-12-19(20)15-5-3-9-27-13-15/h1-11,13,19-20H,12H2,(H,28,30)(H,29,31)/t19-,20-/m1/s1. The molecule has 2 amide bonds. The van der Waals surface area contributed by atoms with E-state index in [1.54, 1.807) is 24.5 Å². The first-order valence-corrected chi connectivity index (χ1v) is 9.61. The molecule has 1 saturated carbocycles. The molecule has 0 bridgehead atoms. The maximum Gasteiger partial charge on any atom is 0.416 e. The summed E-state index contributed by atoms with van der Waals surface area (Å²) in [4.78, 5) is 29.1. The fourth-order valence-corrected chi connectivity index (χ4v) is 3.40. The van der Waals surface area contributed by atoms with Gasteiger partial charge >= 0.3 is 6.18 Å². The van der Waals surface area contributed by atoms with Gasteiger partial charge in [-0.2, -0.15) is 13.2 Å². The zero-order valence-electron chi connectivity index (χ0n) is 16.2. The fraction of sp³-hybridized carbons (Fsp3) is 0.174. The number of halogens is 3. The third kappa shape index (κ3) is 4.91. The summed E-state index contributed by atoms with van der Waals surface area (Å²) in [6, 6.07) is 14.4. The van der Waals surface area contributed by atoms with E-state index in [1.807, 2.05) is 12.1 Å². The predicted molar refractivity (Wildman–Crippen MR) is 110 cm³/mol. The van der Waals surface area contributed by atoms with Crippen LogP contribution in [0.15, 0.2) is 73.1 Å². The first kappa shape index (κ1) is 20.6. The number of aromatic nitrogens is 1. The Balaban J connectivity index is 1.40. The number of pyridine rings is 1. The molecule has 2 N–H and O–H groups in total. The summed E-state index contributed by atoms with van der Waals surface area (Å²) < 4.78 is 38.6. The number of hydrogen-bond donors (Lipinski definition) is 2. The average Bonchev–Trinajstić information content (AvgIpc) is 3.55. The molecule has 3 aromatic rings. The normalized spacial score (nSPS) is 17.6. The van der Waals surface area contributed by atoms with Crippen molar-refractivity contribution in [2.45, 2.75) is 18.5 Å². The number of nitrogens with zero attached hydrogens (tertiary/aromatic N) is 1. The van der Waals surface area contributed by atoms with E-state index in [1.165, 1.54) is 24.3 Å². The van der Waals surface area contributed by atoms with E-state index in [9.17, 15) is 22.8 Å². The highest BCUT2D eigenvalue weighted by Crippen LogP contribution is 2.47. The van der Waals surface area contributed by atoms with Crippen LogP contribution in [0, 0.1) is 5.92 Å². The summed E-state index contributed by atoms with van der Waals surface area (Å²) in [6.45, 7) is 0. The number of carbonyl (C=O) groups excluding carboxylic acids is 2. The molecule has 5 nitrogen and oxygen atoms in total. The maximum atomic E-state index is 12.9. The second kappa shape index (κ2) is 8.22. The SMILES string of the molecule is O=C(Nc1cccc(C(F)(F)F)c1)c1cccc(NC(=O)[C@@H]2C[C@@H]2c2cccnc2)c1. The minimum absolute atomic E-state index is 0.0338. The van der Waals surface area contributed by atoms with E-state index >= 15 is 0 Å². The van der Waals surface area contributed by atoms with Crippen molar-refractivity contribution in [3.05, 3.63) is 89.7 Å². The third-order valence-corrected chi connectivity index (χ3v) is 5.08. The molecule has 0 spiro atoms. The summed E-state index contributed by atoms with van der Waals surface area (Å²) in [5.74, 6) is -0.757. The molecular weight excluding hydrogens is 407 g/mol. The lowest BCUT2D eigenvalue weighted by atomic mass is 10.1. The van der Waals surface area contributed by atoms with Crippen molar-refractivity contribution >= 4 is 23.2 Å². The first-order valence-electron chi connectivity index (χ1n) is 9.61. The maximum absolute atomic E-state index is 12.9. The largest absolute Gasteiger partial charge is 0.416 e. The van der Waals surface area contributed by atoms with Crippen LogP contribution in [0.5, 0.6) is 0 Å². The zero-order chi connectivity index (χ0) is 22.0. The van der Waals surface area contributed by atoms with Crippen LogP contribution in [-0.4, -0.2) is 16.8 Å². The number of hydrogen-bond acceptors (Lipinski definition) is 3. The third-order valence-electron chi connectivity index (χ3n) is 5.08. The molecule has 1 heterocycles. The Hall–Kier alpha value is -3.68. The van der Waals surface area contributed by atoms with Crippen LogP contribution in [0.2, 0.25) is 0 Å². The van der Waals surface area contributed by atoms with Crippen LogP contribution in [0.25, 0.3) is 0 Å². The molecule has 2 aromatic carbocycles. The molecule has 0 radical (unpaired) electrons. The lowest BCUT2D eigenvalue weighted by Crippen LogP contribution is -2.16. The minimum atomic E-state index is -4.50. The Bertz CT molecular complexity index is 1120. The molecule has 2 atom stereocenters. The molecule has 1 fully saturated rings. The van der Waals surface area contributed by atoms with Gasteiger partial charge in [-0.1, -0.05) is 18.2 Å². The van der Waals surface area contributed by atoms with E-state index in [0.717, 1.165) is 24.1 Å². The van der Waals surface area contributed by atoms with Crippen molar-refractivity contribution in [1.82, 2.24) is 4.98 Å². The number of rotatable bonds is 5. The van der Waals surface area contributed by atoms with Gasteiger partial charge in [0.15, 0.2) is 0 Å². The van der Waals surface area contributed by atoms with Crippen molar-refractivity contribution in [1.29, 1.82) is 0 Å². The molecule has 31 heavy (non-hydrogen) atoms. The van der Waals surface area contributed by atoms with E-state index < -0.39 is 17.6 Å². The van der Waals surface area contributed by atoms with E-state index in [0.29, 0.717) is 5.69 Å². The van der Waals surface area contributed by atoms with Crippen LogP contribution in [-0.2, 0) is 11.0 Å². The van der Waals surface area contributed by atoms with Crippen molar-refractivity contribution < 1.29 is 22.8 Å². The second-order valence-corrected chi connectivity index (χ2v) is 7.34. The van der Waals surface area contributed by atoms with E-state index in [4.69, 9.17) is 0 Å². The van der Waals surface area contributed by atoms with Crippen LogP contribution >= 0.6 is 0 Å². The highest BCUT2D eigenvalue weighted by atomic mass is 19.4. The van der Waals surface area contributed by atoms with Crippen LogP contribution in [0.1, 0.15) is 33.8 Å². The van der Waals surface area contributed by atoms with Crippen molar-refractivity contribution in [3.8, 4) is 0 Å². The lowest BCUT2D eigenvalue weighted by molar-refractivity contribution is -0.137. The summed E-state index contributed by atoms with van der Waals surface area (Å²) in [5.41, 5.74) is 0.857. The Labute approximate surface area is 176 Å². The molecule has 4 rings (SSSR count). The summed E-state index contributed by atoms with van der Waals surface area (Å²) in [6.07, 6.45) is -0.345. The molecule has 1 aliphatic carbocycles. The Kier molecular flexibility index (Phi) is 5.46. The minimum Gasteiger partial charge on any atom is -0.326 e. The fourth-order valence-electron chi connectivity index (χ4n) is 3.40. The number of amides is 2. The number of benzene rings is 2. The van der Waals surface area contributed by atoms with Gasteiger partial charge in [-0.15, -0.1) is 0 Å². The molecule has 0 saturated heterocycles. The average molecular weight is 425 g/mol. The van der Waals surface area contributed by atoms with E-state index in [-0.39, 0.29) is 29.0 Å². The number of carbonyl (C=O) groups is 2. The topological polar surface area (TPSA) is 71.1 Å². The Morgan fingerprint density at radius 1 is 0.935 bits per heavy atom. The highest BCUT2D eigenvalue weighted by Gasteiger charge is 2.44. The second-order valence-electron chi connectivity index (χ2n) is 7.34. The lowest BCUT2D eigenvalue weighted by Gasteiger charge is -2.11.